The number of amides is 2. The van der Waals surface area contributed by atoms with Crippen molar-refractivity contribution in [1.82, 2.24) is 14.9 Å². The lowest BCUT2D eigenvalue weighted by Gasteiger charge is -2.32. The molecule has 166 valence electrons. The van der Waals surface area contributed by atoms with Gasteiger partial charge in [0, 0.05) is 25.8 Å². The van der Waals surface area contributed by atoms with Crippen molar-refractivity contribution in [2.75, 3.05) is 23.7 Å². The summed E-state index contributed by atoms with van der Waals surface area (Å²) >= 11 is 0. The Morgan fingerprint density at radius 2 is 1.84 bits per heavy atom. The molecule has 3 aromatic rings. The number of aromatic nitrogens is 2. The van der Waals surface area contributed by atoms with Crippen molar-refractivity contribution in [3.05, 3.63) is 77.7 Å². The fourth-order valence-electron chi connectivity index (χ4n) is 3.84. The van der Waals surface area contributed by atoms with Gasteiger partial charge >= 0.3 is 6.03 Å². The summed E-state index contributed by atoms with van der Waals surface area (Å²) in [6.07, 6.45) is 5.18. The van der Waals surface area contributed by atoms with Gasteiger partial charge in [0.15, 0.2) is 5.82 Å². The molecule has 7 nitrogen and oxygen atoms in total. The molecule has 7 heteroatoms. The van der Waals surface area contributed by atoms with Gasteiger partial charge in [-0.1, -0.05) is 36.4 Å². The normalized spacial score (nSPS) is 14.7. The largest absolute Gasteiger partial charge is 0.488 e. The summed E-state index contributed by atoms with van der Waals surface area (Å²) in [5.41, 5.74) is 3.76. The SMILES string of the molecule is Cc1ccc(OC2CCN(Cc3ccccc3)CC2)c(NC(=O)Nc2cncc(C)n2)c1. The van der Waals surface area contributed by atoms with E-state index in [0.29, 0.717) is 17.3 Å². The summed E-state index contributed by atoms with van der Waals surface area (Å²) in [5.74, 6) is 1.09. The molecule has 1 aliphatic heterocycles. The van der Waals surface area contributed by atoms with Crippen LogP contribution in [0.25, 0.3) is 0 Å². The molecule has 0 saturated carbocycles. The third kappa shape index (κ3) is 6.04. The number of ether oxygens (including phenoxy) is 1. The first-order chi connectivity index (χ1) is 15.5. The summed E-state index contributed by atoms with van der Waals surface area (Å²) in [5, 5.41) is 5.62. The monoisotopic (exact) mass is 431 g/mol. The number of carbonyl (C=O) groups is 1. The zero-order chi connectivity index (χ0) is 22.3. The Balaban J connectivity index is 1.34. The Kier molecular flexibility index (Phi) is 6.97. The van der Waals surface area contributed by atoms with E-state index in [1.807, 2.05) is 38.1 Å². The van der Waals surface area contributed by atoms with Crippen molar-refractivity contribution in [2.24, 2.45) is 0 Å². The molecule has 2 N–H and O–H groups in total. The molecule has 4 rings (SSSR count). The highest BCUT2D eigenvalue weighted by molar-refractivity contribution is 6.00. The average molecular weight is 432 g/mol. The van der Waals surface area contributed by atoms with E-state index in [1.54, 1.807) is 6.20 Å². The summed E-state index contributed by atoms with van der Waals surface area (Å²) in [6.45, 7) is 6.75. The molecule has 0 unspecified atom stereocenters. The van der Waals surface area contributed by atoms with Crippen molar-refractivity contribution in [3.8, 4) is 5.75 Å². The van der Waals surface area contributed by atoms with E-state index in [0.717, 1.165) is 43.7 Å². The van der Waals surface area contributed by atoms with Crippen LogP contribution in [0.15, 0.2) is 60.9 Å². The van der Waals surface area contributed by atoms with Crippen molar-refractivity contribution in [3.63, 3.8) is 0 Å². The van der Waals surface area contributed by atoms with Gasteiger partial charge in [-0.15, -0.1) is 0 Å². The van der Waals surface area contributed by atoms with Crippen LogP contribution in [0.1, 0.15) is 29.7 Å². The third-order valence-electron chi connectivity index (χ3n) is 5.46. The van der Waals surface area contributed by atoms with E-state index >= 15 is 0 Å². The highest BCUT2D eigenvalue weighted by Gasteiger charge is 2.22. The van der Waals surface area contributed by atoms with Gasteiger partial charge in [-0.3, -0.25) is 15.2 Å². The number of aryl methyl sites for hydroxylation is 2. The summed E-state index contributed by atoms with van der Waals surface area (Å²) in [4.78, 5) is 23.3. The number of anilines is 2. The molecule has 1 aliphatic rings. The molecule has 0 aliphatic carbocycles. The average Bonchev–Trinajstić information content (AvgIpc) is 2.77. The minimum atomic E-state index is -0.377. The molecule has 0 atom stereocenters. The van der Waals surface area contributed by atoms with Gasteiger partial charge < -0.3 is 10.1 Å². The van der Waals surface area contributed by atoms with Crippen LogP contribution in [0, 0.1) is 13.8 Å². The molecule has 0 radical (unpaired) electrons. The van der Waals surface area contributed by atoms with Crippen molar-refractivity contribution in [2.45, 2.75) is 39.3 Å². The maximum Gasteiger partial charge on any atom is 0.324 e. The Hall–Kier alpha value is -3.45. The molecule has 0 spiro atoms. The fourth-order valence-corrected chi connectivity index (χ4v) is 3.84. The first kappa shape index (κ1) is 21.8. The van der Waals surface area contributed by atoms with Gasteiger partial charge in [-0.25, -0.2) is 9.78 Å². The minimum Gasteiger partial charge on any atom is -0.488 e. The van der Waals surface area contributed by atoms with Crippen LogP contribution >= 0.6 is 0 Å². The molecule has 2 aromatic carbocycles. The minimum absolute atomic E-state index is 0.121. The second-order valence-corrected chi connectivity index (χ2v) is 8.20. The lowest BCUT2D eigenvalue weighted by molar-refractivity contribution is 0.0973. The zero-order valence-corrected chi connectivity index (χ0v) is 18.5. The Labute approximate surface area is 188 Å². The molecule has 2 amide bonds. The van der Waals surface area contributed by atoms with Gasteiger partial charge in [0.25, 0.3) is 0 Å². The van der Waals surface area contributed by atoms with E-state index in [-0.39, 0.29) is 12.1 Å². The number of urea groups is 1. The van der Waals surface area contributed by atoms with Crippen molar-refractivity contribution < 1.29 is 9.53 Å². The van der Waals surface area contributed by atoms with Crippen molar-refractivity contribution in [1.29, 1.82) is 0 Å². The van der Waals surface area contributed by atoms with Gasteiger partial charge in [-0.05, 0) is 49.9 Å². The van der Waals surface area contributed by atoms with E-state index in [4.69, 9.17) is 4.74 Å². The number of carbonyl (C=O) groups excluding carboxylic acids is 1. The smallest absolute Gasteiger partial charge is 0.324 e. The molecular formula is C25H29N5O2. The number of nitrogens with zero attached hydrogens (tertiary/aromatic N) is 3. The lowest BCUT2D eigenvalue weighted by atomic mass is 10.1. The predicted molar refractivity (Wildman–Crippen MR) is 126 cm³/mol. The number of hydrogen-bond acceptors (Lipinski definition) is 5. The van der Waals surface area contributed by atoms with Gasteiger partial charge in [0.1, 0.15) is 11.9 Å². The first-order valence-corrected chi connectivity index (χ1v) is 11.0. The number of rotatable bonds is 6. The molecule has 1 aromatic heterocycles. The fraction of sp³-hybridized carbons (Fsp3) is 0.320. The topological polar surface area (TPSA) is 79.4 Å². The van der Waals surface area contributed by atoms with E-state index < -0.39 is 0 Å². The van der Waals surface area contributed by atoms with Crippen LogP contribution in [0.5, 0.6) is 5.75 Å². The van der Waals surface area contributed by atoms with Gasteiger partial charge in [0.05, 0.1) is 17.6 Å². The lowest BCUT2D eigenvalue weighted by Crippen LogP contribution is -2.37. The second kappa shape index (κ2) is 10.2. The van der Waals surface area contributed by atoms with Gasteiger partial charge in [-0.2, -0.15) is 0 Å². The van der Waals surface area contributed by atoms with Crippen LogP contribution in [0.3, 0.4) is 0 Å². The Morgan fingerprint density at radius 1 is 1.06 bits per heavy atom. The predicted octanol–water partition coefficient (Wildman–Crippen LogP) is 4.78. The van der Waals surface area contributed by atoms with E-state index in [1.165, 1.54) is 11.8 Å². The number of piperidine rings is 1. The van der Waals surface area contributed by atoms with Gasteiger partial charge in [0.2, 0.25) is 0 Å². The summed E-state index contributed by atoms with van der Waals surface area (Å²) < 4.78 is 6.31. The summed E-state index contributed by atoms with van der Waals surface area (Å²) in [7, 11) is 0. The zero-order valence-electron chi connectivity index (χ0n) is 18.5. The third-order valence-corrected chi connectivity index (χ3v) is 5.46. The quantitative estimate of drug-likeness (QED) is 0.587. The van der Waals surface area contributed by atoms with Crippen LogP contribution in [0.2, 0.25) is 0 Å². The molecular weight excluding hydrogens is 402 g/mol. The van der Waals surface area contributed by atoms with Crippen LogP contribution in [-0.4, -0.2) is 40.1 Å². The Bertz CT molecular complexity index is 1050. The maximum atomic E-state index is 12.5. The number of likely N-dealkylation sites (tertiary alicyclic amines) is 1. The number of nitrogens with one attached hydrogen (secondary N) is 2. The maximum absolute atomic E-state index is 12.5. The molecule has 2 heterocycles. The first-order valence-electron chi connectivity index (χ1n) is 11.0. The number of hydrogen-bond donors (Lipinski definition) is 2. The van der Waals surface area contributed by atoms with Crippen LogP contribution < -0.4 is 15.4 Å². The van der Waals surface area contributed by atoms with Crippen LogP contribution in [0.4, 0.5) is 16.3 Å². The van der Waals surface area contributed by atoms with E-state index in [2.05, 4.69) is 49.8 Å². The molecule has 1 fully saturated rings. The summed E-state index contributed by atoms with van der Waals surface area (Å²) in [6, 6.07) is 16.0. The standard InChI is InChI=1S/C25H29N5O2/c1-18-8-9-23(22(14-18)28-25(31)29-24-16-26-15-19(2)27-24)32-21-10-12-30(13-11-21)17-20-6-4-3-5-7-20/h3-9,14-16,21H,10-13,17H2,1-2H3,(H2,27,28,29,31). The highest BCUT2D eigenvalue weighted by atomic mass is 16.5. The Morgan fingerprint density at radius 3 is 2.59 bits per heavy atom. The molecule has 0 bridgehead atoms. The van der Waals surface area contributed by atoms with Crippen LogP contribution in [-0.2, 0) is 6.54 Å². The second-order valence-electron chi connectivity index (χ2n) is 8.20. The molecule has 32 heavy (non-hydrogen) atoms. The molecule has 1 saturated heterocycles. The van der Waals surface area contributed by atoms with E-state index in [9.17, 15) is 4.79 Å². The highest BCUT2D eigenvalue weighted by Crippen LogP contribution is 2.29. The van der Waals surface area contributed by atoms with Crippen molar-refractivity contribution >= 4 is 17.5 Å². The number of benzene rings is 2.